The van der Waals surface area contributed by atoms with Crippen LogP contribution in [0.3, 0.4) is 0 Å². The van der Waals surface area contributed by atoms with Crippen molar-refractivity contribution >= 4 is 30.4 Å². The van der Waals surface area contributed by atoms with E-state index in [2.05, 4.69) is 17.9 Å². The lowest BCUT2D eigenvalue weighted by Crippen LogP contribution is -2.23. The molecule has 2 N–H and O–H groups in total. The highest BCUT2D eigenvalue weighted by Gasteiger charge is 2.24. The maximum absolute atomic E-state index is 12.4. The van der Waals surface area contributed by atoms with Crippen LogP contribution in [0.25, 0.3) is 0 Å². The van der Waals surface area contributed by atoms with Gasteiger partial charge in [0, 0.05) is 11.6 Å². The van der Waals surface area contributed by atoms with E-state index < -0.39 is 18.2 Å². The van der Waals surface area contributed by atoms with E-state index in [1.54, 1.807) is 36.4 Å². The molecule has 2 atom stereocenters. The number of anilines is 1. The maximum atomic E-state index is 12.4. The van der Waals surface area contributed by atoms with Crippen LogP contribution in [0.2, 0.25) is 0 Å². The van der Waals surface area contributed by atoms with Crippen molar-refractivity contribution in [2.45, 2.75) is 19.4 Å². The van der Waals surface area contributed by atoms with Crippen molar-refractivity contribution in [3.05, 3.63) is 59.7 Å². The maximum Gasteiger partial charge on any atom is 0.412 e. The molecule has 0 aliphatic heterocycles. The zero-order valence-corrected chi connectivity index (χ0v) is 16.8. The van der Waals surface area contributed by atoms with Gasteiger partial charge in [-0.3, -0.25) is 10.1 Å². The van der Waals surface area contributed by atoms with Crippen molar-refractivity contribution < 1.29 is 24.2 Å². The van der Waals surface area contributed by atoms with E-state index in [1.165, 1.54) is 12.1 Å². The highest BCUT2D eigenvalue weighted by molar-refractivity contribution is 7.81. The summed E-state index contributed by atoms with van der Waals surface area (Å²) >= 11 is 3.86. The minimum Gasteiger partial charge on any atom is -0.508 e. The number of ether oxygens (including phenoxy) is 2. The molecule has 0 heterocycles. The molecule has 0 fully saturated rings. The third-order valence-electron chi connectivity index (χ3n) is 4.20. The molecular weight excluding hydrogens is 392 g/mol. The van der Waals surface area contributed by atoms with Crippen LogP contribution in [-0.4, -0.2) is 29.5 Å². The van der Waals surface area contributed by atoms with Gasteiger partial charge >= 0.3 is 12.1 Å². The monoisotopic (exact) mass is 414 g/mol. The first kappa shape index (κ1) is 22.1. The summed E-state index contributed by atoms with van der Waals surface area (Å²) in [6.45, 7) is 2.05. The molecule has 7 nitrogen and oxygen atoms in total. The third kappa shape index (κ3) is 7.05. The molecule has 0 saturated carbocycles. The Kier molecular flexibility index (Phi) is 8.37. The molecule has 0 saturated heterocycles. The molecule has 1 amide bonds. The van der Waals surface area contributed by atoms with Crippen LogP contribution in [0.5, 0.6) is 5.75 Å². The third-order valence-corrected chi connectivity index (χ3v) is 4.46. The first-order chi connectivity index (χ1) is 13.9. The van der Waals surface area contributed by atoms with Gasteiger partial charge in [-0.25, -0.2) is 4.79 Å². The van der Waals surface area contributed by atoms with Crippen LogP contribution in [0.15, 0.2) is 48.5 Å². The van der Waals surface area contributed by atoms with Crippen LogP contribution in [0, 0.1) is 17.2 Å². The molecule has 2 rings (SSSR count). The number of phenolic OH excluding ortho intramolecular Hbond substituents is 1. The number of nitrogens with one attached hydrogen (secondary N) is 1. The SMILES string of the molecule is C[C@@H](CCOC(=O)CS)[C@H](OC(=O)Nc1ccc(C#N)cc1)c1ccc(O)cc1. The Morgan fingerprint density at radius 3 is 2.41 bits per heavy atom. The van der Waals surface area contributed by atoms with Gasteiger partial charge in [-0.05, 0) is 48.4 Å². The number of aromatic hydroxyl groups is 1. The number of carbonyl (C=O) groups excluding carboxylic acids is 2. The molecule has 2 aromatic carbocycles. The Morgan fingerprint density at radius 2 is 1.83 bits per heavy atom. The lowest BCUT2D eigenvalue weighted by Gasteiger charge is -2.25. The molecule has 0 aromatic heterocycles. The fourth-order valence-electron chi connectivity index (χ4n) is 2.62. The molecule has 0 radical (unpaired) electrons. The summed E-state index contributed by atoms with van der Waals surface area (Å²) in [6.07, 6.45) is -0.814. The number of nitrogens with zero attached hydrogens (tertiary/aromatic N) is 1. The smallest absolute Gasteiger partial charge is 0.412 e. The molecule has 8 heteroatoms. The molecule has 2 aromatic rings. The Hall–Kier alpha value is -3.18. The van der Waals surface area contributed by atoms with Crippen LogP contribution in [0.4, 0.5) is 10.5 Å². The lowest BCUT2D eigenvalue weighted by atomic mass is 9.94. The van der Waals surface area contributed by atoms with E-state index in [0.29, 0.717) is 23.2 Å². The number of hydrogen-bond acceptors (Lipinski definition) is 7. The van der Waals surface area contributed by atoms with Gasteiger partial charge in [0.25, 0.3) is 0 Å². The first-order valence-corrected chi connectivity index (χ1v) is 9.59. The molecule has 0 unspecified atom stereocenters. The van der Waals surface area contributed by atoms with Gasteiger partial charge in [-0.15, -0.1) is 0 Å². The standard InChI is InChI=1S/C21H22N2O5S/c1-14(10-11-27-19(25)13-29)20(16-4-8-18(24)9-5-16)28-21(26)23-17-6-2-15(12-22)3-7-17/h2-9,14,20,24,29H,10-11,13H2,1H3,(H,23,26)/t14-,20-/m0/s1. The average Bonchev–Trinajstić information content (AvgIpc) is 2.73. The van der Waals surface area contributed by atoms with Gasteiger partial charge in [0.1, 0.15) is 11.9 Å². The average molecular weight is 414 g/mol. The lowest BCUT2D eigenvalue weighted by molar-refractivity contribution is -0.141. The fourth-order valence-corrected chi connectivity index (χ4v) is 2.71. The molecule has 0 spiro atoms. The van der Waals surface area contributed by atoms with Gasteiger partial charge in [0.05, 0.1) is 24.0 Å². The highest BCUT2D eigenvalue weighted by atomic mass is 32.1. The number of nitriles is 1. The Morgan fingerprint density at radius 1 is 1.17 bits per heavy atom. The van der Waals surface area contributed by atoms with E-state index in [4.69, 9.17) is 14.7 Å². The number of hydrogen-bond donors (Lipinski definition) is 3. The Labute approximate surface area is 174 Å². The van der Waals surface area contributed by atoms with Crippen LogP contribution < -0.4 is 5.32 Å². The molecular formula is C21H22N2O5S. The van der Waals surface area contributed by atoms with Crippen molar-refractivity contribution in [2.75, 3.05) is 17.7 Å². The second-order valence-electron chi connectivity index (χ2n) is 6.38. The quantitative estimate of drug-likeness (QED) is 0.444. The van der Waals surface area contributed by atoms with Crippen LogP contribution in [0.1, 0.15) is 30.6 Å². The minimum absolute atomic E-state index is 0.000725. The summed E-state index contributed by atoms with van der Waals surface area (Å²) in [6, 6.07) is 14.8. The molecule has 29 heavy (non-hydrogen) atoms. The summed E-state index contributed by atoms with van der Waals surface area (Å²) in [5.74, 6) is -0.482. The minimum atomic E-state index is -0.660. The van der Waals surface area contributed by atoms with E-state index in [0.717, 1.165) is 0 Å². The predicted octanol–water partition coefficient (Wildman–Crippen LogP) is 4.05. The van der Waals surface area contributed by atoms with E-state index in [9.17, 15) is 14.7 Å². The molecule has 0 aliphatic carbocycles. The summed E-state index contributed by atoms with van der Waals surface area (Å²) in [4.78, 5) is 23.7. The second kappa shape index (κ2) is 11.0. The van der Waals surface area contributed by atoms with E-state index in [1.807, 2.05) is 13.0 Å². The number of amides is 1. The van der Waals surface area contributed by atoms with Crippen LogP contribution in [-0.2, 0) is 14.3 Å². The van der Waals surface area contributed by atoms with E-state index >= 15 is 0 Å². The summed E-state index contributed by atoms with van der Waals surface area (Å²) in [5, 5.41) is 21.0. The zero-order valence-electron chi connectivity index (χ0n) is 15.9. The first-order valence-electron chi connectivity index (χ1n) is 8.96. The number of benzene rings is 2. The zero-order chi connectivity index (χ0) is 21.2. The number of esters is 1. The normalized spacial score (nSPS) is 12.3. The highest BCUT2D eigenvalue weighted by Crippen LogP contribution is 2.30. The molecule has 0 bridgehead atoms. The summed E-state index contributed by atoms with van der Waals surface area (Å²) < 4.78 is 10.7. The van der Waals surface area contributed by atoms with Crippen molar-refractivity contribution in [1.82, 2.24) is 0 Å². The van der Waals surface area contributed by atoms with Gasteiger partial charge in [-0.2, -0.15) is 17.9 Å². The largest absolute Gasteiger partial charge is 0.508 e. The van der Waals surface area contributed by atoms with Crippen molar-refractivity contribution in [3.63, 3.8) is 0 Å². The van der Waals surface area contributed by atoms with Gasteiger partial charge in [0.15, 0.2) is 0 Å². The predicted molar refractivity (Wildman–Crippen MR) is 111 cm³/mol. The van der Waals surface area contributed by atoms with E-state index in [-0.39, 0.29) is 24.0 Å². The van der Waals surface area contributed by atoms with Gasteiger partial charge in [0.2, 0.25) is 0 Å². The van der Waals surface area contributed by atoms with Crippen LogP contribution >= 0.6 is 12.6 Å². The Balaban J connectivity index is 2.07. The van der Waals surface area contributed by atoms with Crippen molar-refractivity contribution in [1.29, 1.82) is 5.26 Å². The number of thiol groups is 1. The van der Waals surface area contributed by atoms with Crippen molar-refractivity contribution in [2.24, 2.45) is 5.92 Å². The summed E-state index contributed by atoms with van der Waals surface area (Å²) in [5.41, 5.74) is 1.68. The topological polar surface area (TPSA) is 109 Å². The van der Waals surface area contributed by atoms with Crippen molar-refractivity contribution in [3.8, 4) is 11.8 Å². The fraction of sp³-hybridized carbons (Fsp3) is 0.286. The Bertz CT molecular complexity index is 862. The second-order valence-corrected chi connectivity index (χ2v) is 6.69. The number of carbonyl (C=O) groups is 2. The molecule has 0 aliphatic rings. The molecule has 152 valence electrons. The summed E-state index contributed by atoms with van der Waals surface area (Å²) in [7, 11) is 0. The number of rotatable bonds is 8. The number of phenols is 1. The van der Waals surface area contributed by atoms with Gasteiger partial charge < -0.3 is 14.6 Å². The van der Waals surface area contributed by atoms with Gasteiger partial charge in [-0.1, -0.05) is 19.1 Å².